The lowest BCUT2D eigenvalue weighted by Gasteiger charge is -2.39. The molecule has 116 valence electrons. The summed E-state index contributed by atoms with van der Waals surface area (Å²) < 4.78 is 4.72. The fraction of sp³-hybridized carbons (Fsp3) is 0.625. The second-order valence-electron chi connectivity index (χ2n) is 6.61. The monoisotopic (exact) mass is 291 g/mol. The van der Waals surface area contributed by atoms with Gasteiger partial charge in [-0.3, -0.25) is 0 Å². The van der Waals surface area contributed by atoms with E-state index >= 15 is 0 Å². The summed E-state index contributed by atoms with van der Waals surface area (Å²) in [6, 6.07) is 3.74. The number of carbonyl (C=O) groups excluding carboxylic acids is 1. The average Bonchev–Trinajstić information content (AvgIpc) is 2.46. The van der Waals surface area contributed by atoms with Crippen LogP contribution in [-0.2, 0) is 4.74 Å². The number of anilines is 2. The minimum absolute atomic E-state index is 0.296. The molecule has 1 aromatic heterocycles. The Morgan fingerprint density at radius 1 is 1.38 bits per heavy atom. The van der Waals surface area contributed by atoms with Gasteiger partial charge in [0.1, 0.15) is 0 Å². The van der Waals surface area contributed by atoms with Crippen molar-refractivity contribution in [1.29, 1.82) is 0 Å². The van der Waals surface area contributed by atoms with E-state index in [2.05, 4.69) is 23.7 Å². The van der Waals surface area contributed by atoms with Gasteiger partial charge in [-0.1, -0.05) is 13.8 Å². The Morgan fingerprint density at radius 2 is 2.00 bits per heavy atom. The summed E-state index contributed by atoms with van der Waals surface area (Å²) in [7, 11) is 3.36. The van der Waals surface area contributed by atoms with Gasteiger partial charge in [0.2, 0.25) is 0 Å². The minimum Gasteiger partial charge on any atom is -0.464 e. The topological polar surface area (TPSA) is 68.5 Å². The third-order valence-corrected chi connectivity index (χ3v) is 4.49. The fourth-order valence-corrected chi connectivity index (χ4v) is 2.90. The molecule has 0 unspecified atom stereocenters. The summed E-state index contributed by atoms with van der Waals surface area (Å²) in [4.78, 5) is 18.1. The summed E-state index contributed by atoms with van der Waals surface area (Å²) in [6.45, 7) is 4.63. The minimum atomic E-state index is -0.436. The Kier molecular flexibility index (Phi) is 4.40. The molecule has 1 saturated carbocycles. The molecular formula is C16H25N3O2. The van der Waals surface area contributed by atoms with Gasteiger partial charge >= 0.3 is 5.97 Å². The first-order valence-electron chi connectivity index (χ1n) is 7.42. The van der Waals surface area contributed by atoms with E-state index in [0.717, 1.165) is 12.8 Å². The molecule has 0 bridgehead atoms. The van der Waals surface area contributed by atoms with Crippen molar-refractivity contribution in [1.82, 2.24) is 4.98 Å². The van der Waals surface area contributed by atoms with Crippen LogP contribution in [0.2, 0.25) is 0 Å². The molecule has 0 saturated heterocycles. The van der Waals surface area contributed by atoms with E-state index in [-0.39, 0.29) is 0 Å². The highest BCUT2D eigenvalue weighted by Crippen LogP contribution is 2.38. The molecule has 1 fully saturated rings. The zero-order valence-corrected chi connectivity index (χ0v) is 13.3. The van der Waals surface area contributed by atoms with Crippen LogP contribution in [0.3, 0.4) is 0 Å². The van der Waals surface area contributed by atoms with Gasteiger partial charge in [0.15, 0.2) is 11.5 Å². The normalized spacial score (nSPS) is 18.3. The highest BCUT2D eigenvalue weighted by atomic mass is 16.5. The molecule has 21 heavy (non-hydrogen) atoms. The van der Waals surface area contributed by atoms with Gasteiger partial charge < -0.3 is 15.4 Å². The van der Waals surface area contributed by atoms with Crippen molar-refractivity contribution in [2.75, 3.05) is 24.8 Å². The van der Waals surface area contributed by atoms with Gasteiger partial charge in [-0.25, -0.2) is 9.78 Å². The number of methoxy groups -OCH3 is 1. The van der Waals surface area contributed by atoms with E-state index in [1.165, 1.54) is 20.0 Å². The molecule has 1 aliphatic carbocycles. The van der Waals surface area contributed by atoms with E-state index in [1.807, 2.05) is 7.05 Å². The number of nitrogen functional groups attached to an aromatic ring is 1. The third-order valence-electron chi connectivity index (χ3n) is 4.49. The third kappa shape index (κ3) is 3.46. The van der Waals surface area contributed by atoms with Crippen LogP contribution >= 0.6 is 0 Å². The van der Waals surface area contributed by atoms with Crippen molar-refractivity contribution in [3.05, 3.63) is 17.8 Å². The predicted octanol–water partition coefficient (Wildman–Crippen LogP) is 2.86. The van der Waals surface area contributed by atoms with E-state index in [4.69, 9.17) is 10.5 Å². The Balaban J connectivity index is 2.19. The molecule has 1 aliphatic rings. The summed E-state index contributed by atoms with van der Waals surface area (Å²) in [5.41, 5.74) is 7.35. The second-order valence-corrected chi connectivity index (χ2v) is 6.61. The van der Waals surface area contributed by atoms with Gasteiger partial charge in [0.05, 0.1) is 12.8 Å². The van der Waals surface area contributed by atoms with Gasteiger partial charge in [-0.2, -0.15) is 0 Å². The summed E-state index contributed by atoms with van der Waals surface area (Å²) in [5.74, 6) is 0.233. The highest BCUT2D eigenvalue weighted by Gasteiger charge is 2.30. The summed E-state index contributed by atoms with van der Waals surface area (Å²) in [5, 5.41) is 0. The maximum Gasteiger partial charge on any atom is 0.356 e. The van der Waals surface area contributed by atoms with Crippen LogP contribution in [0, 0.1) is 5.41 Å². The van der Waals surface area contributed by atoms with Crippen LogP contribution in [-0.4, -0.2) is 31.2 Å². The van der Waals surface area contributed by atoms with Crippen molar-refractivity contribution in [3.8, 4) is 0 Å². The molecule has 0 radical (unpaired) electrons. The van der Waals surface area contributed by atoms with Crippen LogP contribution in [0.4, 0.5) is 11.5 Å². The molecule has 0 atom stereocenters. The van der Waals surface area contributed by atoms with Gasteiger partial charge in [0, 0.05) is 13.1 Å². The first kappa shape index (κ1) is 15.6. The van der Waals surface area contributed by atoms with Crippen LogP contribution in [0.25, 0.3) is 0 Å². The number of hydrogen-bond acceptors (Lipinski definition) is 5. The SMILES string of the molecule is COC(=O)c1ccc(N)c(N(C)C2CCC(C)(C)CC2)n1. The number of carbonyl (C=O) groups is 1. The number of nitrogens with two attached hydrogens (primary N) is 1. The van der Waals surface area contributed by atoms with Crippen molar-refractivity contribution in [2.24, 2.45) is 5.41 Å². The zero-order chi connectivity index (χ0) is 15.6. The number of hydrogen-bond donors (Lipinski definition) is 1. The number of pyridine rings is 1. The molecule has 0 spiro atoms. The second kappa shape index (κ2) is 5.92. The lowest BCUT2D eigenvalue weighted by molar-refractivity contribution is 0.0594. The Morgan fingerprint density at radius 3 is 2.57 bits per heavy atom. The summed E-state index contributed by atoms with van der Waals surface area (Å²) in [6.07, 6.45) is 4.62. The maximum absolute atomic E-state index is 11.6. The van der Waals surface area contributed by atoms with Crippen molar-refractivity contribution in [3.63, 3.8) is 0 Å². The van der Waals surface area contributed by atoms with Gasteiger partial charge in [0.25, 0.3) is 0 Å². The zero-order valence-electron chi connectivity index (χ0n) is 13.3. The first-order valence-corrected chi connectivity index (χ1v) is 7.42. The Hall–Kier alpha value is -1.78. The van der Waals surface area contributed by atoms with Crippen LogP contribution in [0.1, 0.15) is 50.0 Å². The molecule has 0 aliphatic heterocycles. The first-order chi connectivity index (χ1) is 9.84. The lowest BCUT2D eigenvalue weighted by Crippen LogP contribution is -2.38. The molecule has 2 N–H and O–H groups in total. The molecule has 0 amide bonds. The molecular weight excluding hydrogens is 266 g/mol. The smallest absolute Gasteiger partial charge is 0.356 e. The Labute approximate surface area is 126 Å². The molecule has 2 rings (SSSR count). The number of rotatable bonds is 3. The number of aromatic nitrogens is 1. The quantitative estimate of drug-likeness (QED) is 0.867. The van der Waals surface area contributed by atoms with Crippen LogP contribution in [0.5, 0.6) is 0 Å². The van der Waals surface area contributed by atoms with Crippen molar-refractivity contribution in [2.45, 2.75) is 45.6 Å². The molecule has 1 aromatic rings. The van der Waals surface area contributed by atoms with E-state index < -0.39 is 5.97 Å². The number of nitrogens with zero attached hydrogens (tertiary/aromatic N) is 2. The van der Waals surface area contributed by atoms with E-state index in [0.29, 0.717) is 28.7 Å². The van der Waals surface area contributed by atoms with E-state index in [1.54, 1.807) is 12.1 Å². The maximum atomic E-state index is 11.6. The highest BCUT2D eigenvalue weighted by molar-refractivity contribution is 5.88. The predicted molar refractivity (Wildman–Crippen MR) is 84.4 cm³/mol. The van der Waals surface area contributed by atoms with Crippen molar-refractivity contribution >= 4 is 17.5 Å². The average molecular weight is 291 g/mol. The molecule has 5 nitrogen and oxygen atoms in total. The van der Waals surface area contributed by atoms with Crippen molar-refractivity contribution < 1.29 is 9.53 Å². The molecule has 0 aromatic carbocycles. The fourth-order valence-electron chi connectivity index (χ4n) is 2.90. The number of esters is 1. The Bertz CT molecular complexity index is 518. The standard InChI is InChI=1S/C16H25N3O2/c1-16(2)9-7-11(8-10-16)19(3)14-12(17)5-6-13(18-14)15(20)21-4/h5-6,11H,7-10,17H2,1-4H3. The van der Waals surface area contributed by atoms with E-state index in [9.17, 15) is 4.79 Å². The lowest BCUT2D eigenvalue weighted by atomic mass is 9.75. The largest absolute Gasteiger partial charge is 0.464 e. The molecule has 5 heteroatoms. The summed E-state index contributed by atoms with van der Waals surface area (Å²) >= 11 is 0. The van der Waals surface area contributed by atoms with Gasteiger partial charge in [-0.15, -0.1) is 0 Å². The molecule has 1 heterocycles. The van der Waals surface area contributed by atoms with Crippen LogP contribution < -0.4 is 10.6 Å². The van der Waals surface area contributed by atoms with Gasteiger partial charge in [-0.05, 0) is 43.2 Å². The number of ether oxygens (including phenoxy) is 1. The van der Waals surface area contributed by atoms with Crippen LogP contribution in [0.15, 0.2) is 12.1 Å².